The summed E-state index contributed by atoms with van der Waals surface area (Å²) in [4.78, 5) is 12.7. The molecular weight excluding hydrogens is 232 g/mol. The van der Waals surface area contributed by atoms with Crippen LogP contribution in [-0.4, -0.2) is 5.97 Å². The standard InChI is InChI=1S/C14H14O2S/c1-10-6-11(2)8-12(7-10)16-14(15)9-13-4-3-5-17-13/h3-8H,9H2,1-2H3. The molecule has 0 amide bonds. The second-order valence-corrected chi connectivity index (χ2v) is 5.09. The van der Waals surface area contributed by atoms with Gasteiger partial charge in [-0.25, -0.2) is 0 Å². The molecule has 3 heteroatoms. The summed E-state index contributed by atoms with van der Waals surface area (Å²) in [5, 5.41) is 1.96. The van der Waals surface area contributed by atoms with Gasteiger partial charge in [-0.1, -0.05) is 12.1 Å². The topological polar surface area (TPSA) is 26.3 Å². The fraction of sp³-hybridized carbons (Fsp3) is 0.214. The summed E-state index contributed by atoms with van der Waals surface area (Å²) in [6.45, 7) is 3.98. The summed E-state index contributed by atoms with van der Waals surface area (Å²) < 4.78 is 5.32. The molecule has 0 aliphatic heterocycles. The molecule has 0 spiro atoms. The van der Waals surface area contributed by atoms with E-state index >= 15 is 0 Å². The highest BCUT2D eigenvalue weighted by molar-refractivity contribution is 7.10. The first-order valence-corrected chi connectivity index (χ1v) is 6.33. The Morgan fingerprint density at radius 1 is 1.24 bits per heavy atom. The minimum absolute atomic E-state index is 0.211. The van der Waals surface area contributed by atoms with E-state index in [-0.39, 0.29) is 5.97 Å². The van der Waals surface area contributed by atoms with Gasteiger partial charge in [0.05, 0.1) is 6.42 Å². The van der Waals surface area contributed by atoms with Gasteiger partial charge in [0.25, 0.3) is 0 Å². The Labute approximate surface area is 105 Å². The number of hydrogen-bond donors (Lipinski definition) is 0. The van der Waals surface area contributed by atoms with Crippen LogP contribution in [0.4, 0.5) is 0 Å². The SMILES string of the molecule is Cc1cc(C)cc(OC(=O)Cc2cccs2)c1. The zero-order valence-corrected chi connectivity index (χ0v) is 10.7. The van der Waals surface area contributed by atoms with E-state index in [0.717, 1.165) is 16.0 Å². The molecule has 0 aliphatic carbocycles. The van der Waals surface area contributed by atoms with Crippen LogP contribution in [0.5, 0.6) is 5.75 Å². The molecule has 1 heterocycles. The van der Waals surface area contributed by atoms with Gasteiger partial charge in [0.2, 0.25) is 0 Å². The predicted molar refractivity (Wildman–Crippen MR) is 69.6 cm³/mol. The molecule has 0 fully saturated rings. The summed E-state index contributed by atoms with van der Waals surface area (Å²) in [5.41, 5.74) is 2.20. The first-order valence-electron chi connectivity index (χ1n) is 5.45. The van der Waals surface area contributed by atoms with Gasteiger partial charge >= 0.3 is 5.97 Å². The maximum absolute atomic E-state index is 11.7. The minimum Gasteiger partial charge on any atom is -0.426 e. The second kappa shape index (κ2) is 5.15. The average molecular weight is 246 g/mol. The summed E-state index contributed by atoms with van der Waals surface area (Å²) in [5.74, 6) is 0.418. The summed E-state index contributed by atoms with van der Waals surface area (Å²) >= 11 is 1.57. The normalized spacial score (nSPS) is 10.2. The lowest BCUT2D eigenvalue weighted by molar-refractivity contribution is -0.133. The van der Waals surface area contributed by atoms with Crippen LogP contribution in [0.1, 0.15) is 16.0 Å². The van der Waals surface area contributed by atoms with Gasteiger partial charge in [-0.3, -0.25) is 4.79 Å². The van der Waals surface area contributed by atoms with E-state index < -0.39 is 0 Å². The quantitative estimate of drug-likeness (QED) is 0.612. The summed E-state index contributed by atoms with van der Waals surface area (Å²) in [6.07, 6.45) is 0.338. The van der Waals surface area contributed by atoms with Crippen LogP contribution in [0.3, 0.4) is 0 Å². The largest absolute Gasteiger partial charge is 0.426 e. The Hall–Kier alpha value is -1.61. The van der Waals surface area contributed by atoms with Crippen LogP contribution < -0.4 is 4.74 Å². The third-order valence-corrected chi connectivity index (χ3v) is 3.20. The van der Waals surface area contributed by atoms with E-state index in [0.29, 0.717) is 12.2 Å². The molecule has 0 bridgehead atoms. The zero-order chi connectivity index (χ0) is 12.3. The van der Waals surface area contributed by atoms with Gasteiger partial charge in [-0.15, -0.1) is 11.3 Å². The lowest BCUT2D eigenvalue weighted by atomic mass is 10.1. The molecule has 0 atom stereocenters. The maximum Gasteiger partial charge on any atom is 0.316 e. The molecule has 2 nitrogen and oxygen atoms in total. The number of carbonyl (C=O) groups excluding carboxylic acids is 1. The maximum atomic E-state index is 11.7. The van der Waals surface area contributed by atoms with E-state index in [1.54, 1.807) is 11.3 Å². The number of carbonyl (C=O) groups is 1. The first-order chi connectivity index (χ1) is 8.13. The Bertz CT molecular complexity index is 495. The van der Waals surface area contributed by atoms with Crippen molar-refractivity contribution >= 4 is 17.3 Å². The Balaban J connectivity index is 2.03. The van der Waals surface area contributed by atoms with Gasteiger partial charge in [0.1, 0.15) is 5.75 Å². The number of rotatable bonds is 3. The van der Waals surface area contributed by atoms with Gasteiger partial charge in [0, 0.05) is 4.88 Å². The van der Waals surface area contributed by atoms with E-state index in [9.17, 15) is 4.79 Å². The molecule has 17 heavy (non-hydrogen) atoms. The first kappa shape index (κ1) is 11.9. The number of hydrogen-bond acceptors (Lipinski definition) is 3. The van der Waals surface area contributed by atoms with Crippen LogP contribution in [-0.2, 0) is 11.2 Å². The zero-order valence-electron chi connectivity index (χ0n) is 9.90. The van der Waals surface area contributed by atoms with Gasteiger partial charge < -0.3 is 4.74 Å². The fourth-order valence-electron chi connectivity index (χ4n) is 1.71. The van der Waals surface area contributed by atoms with Crippen molar-refractivity contribution in [2.24, 2.45) is 0 Å². The third kappa shape index (κ3) is 3.43. The molecule has 1 aromatic carbocycles. The van der Waals surface area contributed by atoms with Crippen LogP contribution >= 0.6 is 11.3 Å². The van der Waals surface area contributed by atoms with Gasteiger partial charge in [0.15, 0.2) is 0 Å². The molecule has 0 radical (unpaired) electrons. The van der Waals surface area contributed by atoms with E-state index in [2.05, 4.69) is 6.07 Å². The number of ether oxygens (including phenoxy) is 1. The van der Waals surface area contributed by atoms with Crippen LogP contribution in [0.2, 0.25) is 0 Å². The van der Waals surface area contributed by atoms with Crippen LogP contribution in [0.15, 0.2) is 35.7 Å². The Morgan fingerprint density at radius 3 is 2.53 bits per heavy atom. The molecule has 1 aromatic heterocycles. The molecule has 2 aromatic rings. The highest BCUT2D eigenvalue weighted by atomic mass is 32.1. The highest BCUT2D eigenvalue weighted by Crippen LogP contribution is 2.17. The molecule has 0 saturated heterocycles. The van der Waals surface area contributed by atoms with Crippen molar-refractivity contribution in [1.82, 2.24) is 0 Å². The number of thiophene rings is 1. The lowest BCUT2D eigenvalue weighted by Crippen LogP contribution is -2.10. The second-order valence-electron chi connectivity index (χ2n) is 4.05. The van der Waals surface area contributed by atoms with Crippen LogP contribution in [0.25, 0.3) is 0 Å². The van der Waals surface area contributed by atoms with Crippen molar-refractivity contribution in [3.63, 3.8) is 0 Å². The third-order valence-electron chi connectivity index (χ3n) is 2.33. The van der Waals surface area contributed by atoms with Crippen molar-refractivity contribution in [3.8, 4) is 5.75 Å². The van der Waals surface area contributed by atoms with Crippen molar-refractivity contribution in [1.29, 1.82) is 0 Å². The van der Waals surface area contributed by atoms with E-state index in [1.807, 2.05) is 43.5 Å². The van der Waals surface area contributed by atoms with Gasteiger partial charge in [-0.05, 0) is 48.6 Å². The van der Waals surface area contributed by atoms with Crippen molar-refractivity contribution in [2.75, 3.05) is 0 Å². The summed E-state index contributed by atoms with van der Waals surface area (Å²) in [6, 6.07) is 9.67. The molecule has 0 unspecified atom stereocenters. The number of aryl methyl sites for hydroxylation is 2. The lowest BCUT2D eigenvalue weighted by Gasteiger charge is -2.05. The van der Waals surface area contributed by atoms with Gasteiger partial charge in [-0.2, -0.15) is 0 Å². The molecule has 0 N–H and O–H groups in total. The Kier molecular flexibility index (Phi) is 3.59. The fourth-order valence-corrected chi connectivity index (χ4v) is 2.41. The van der Waals surface area contributed by atoms with E-state index in [1.165, 1.54) is 0 Å². The number of benzene rings is 1. The smallest absolute Gasteiger partial charge is 0.316 e. The van der Waals surface area contributed by atoms with Crippen molar-refractivity contribution < 1.29 is 9.53 Å². The monoisotopic (exact) mass is 246 g/mol. The highest BCUT2D eigenvalue weighted by Gasteiger charge is 2.07. The van der Waals surface area contributed by atoms with E-state index in [4.69, 9.17) is 4.74 Å². The average Bonchev–Trinajstić information content (AvgIpc) is 2.67. The van der Waals surface area contributed by atoms with Crippen molar-refractivity contribution in [3.05, 3.63) is 51.7 Å². The molecule has 88 valence electrons. The molecular formula is C14H14O2S. The molecule has 0 aliphatic rings. The molecule has 2 rings (SSSR count). The molecule has 0 saturated carbocycles. The minimum atomic E-state index is -0.211. The van der Waals surface area contributed by atoms with Crippen LogP contribution in [0, 0.1) is 13.8 Å². The summed E-state index contributed by atoms with van der Waals surface area (Å²) in [7, 11) is 0. The van der Waals surface area contributed by atoms with Crippen molar-refractivity contribution in [2.45, 2.75) is 20.3 Å². The Morgan fingerprint density at radius 2 is 1.94 bits per heavy atom. The predicted octanol–water partition coefficient (Wildman–Crippen LogP) is 3.51. The number of esters is 1.